The van der Waals surface area contributed by atoms with E-state index in [1.54, 1.807) is 23.1 Å². The zero-order valence-electron chi connectivity index (χ0n) is 31.6. The fourth-order valence-electron chi connectivity index (χ4n) is 6.24. The number of carbonyl (C=O) groups excluding carboxylic acids is 2. The van der Waals surface area contributed by atoms with Crippen LogP contribution in [0.4, 0.5) is 46.8 Å². The largest absolute Gasteiger partial charge is 0.417 e. The third kappa shape index (κ3) is 11.0. The molecule has 2 aliphatic heterocycles. The van der Waals surface area contributed by atoms with Crippen molar-refractivity contribution >= 4 is 67.2 Å². The van der Waals surface area contributed by atoms with Crippen LogP contribution in [0.25, 0.3) is 21.4 Å². The van der Waals surface area contributed by atoms with Gasteiger partial charge in [0.2, 0.25) is 0 Å². The molecular formula is C40H36ClF6N7O6S. The molecule has 0 aliphatic carbocycles. The number of pyridine rings is 2. The number of nitrogens with one attached hydrogen (secondary N) is 2. The fraction of sp³-hybridized carbons (Fsp3) is 0.275. The van der Waals surface area contributed by atoms with E-state index < -0.39 is 59.8 Å². The van der Waals surface area contributed by atoms with Gasteiger partial charge < -0.3 is 35.5 Å². The number of hydrogen-bond acceptors (Lipinski definition) is 10. The molecule has 4 amide bonds. The number of hydrogen-bond donors (Lipinski definition) is 6. The van der Waals surface area contributed by atoms with Crippen LogP contribution in [0, 0.1) is 17.5 Å². The van der Waals surface area contributed by atoms with Gasteiger partial charge in [-0.25, -0.2) is 27.7 Å². The maximum absolute atomic E-state index is 14.4. The minimum Gasteiger partial charge on any atom is -0.393 e. The number of benzene rings is 2. The minimum atomic E-state index is -4.59. The van der Waals surface area contributed by atoms with Crippen LogP contribution in [0.15, 0.2) is 73.1 Å². The predicted molar refractivity (Wildman–Crippen MR) is 215 cm³/mol. The number of amides is 4. The van der Waals surface area contributed by atoms with Gasteiger partial charge in [-0.1, -0.05) is 35.1 Å². The number of aliphatic hydroxyl groups is 4. The first-order chi connectivity index (χ1) is 29.0. The van der Waals surface area contributed by atoms with Crippen LogP contribution >= 0.6 is 22.9 Å². The van der Waals surface area contributed by atoms with Crippen LogP contribution in [0.3, 0.4) is 0 Å². The second-order valence-corrected chi connectivity index (χ2v) is 15.1. The number of anilines is 2. The van der Waals surface area contributed by atoms with Crippen molar-refractivity contribution in [3.63, 3.8) is 0 Å². The standard InChI is InChI=1S/C20H18ClF4N3O3.C20H18F2N4O3S/c21-15-8-13(1-2-14(15)20(23,24)25)27-19(31)28-5-3-11(4-6-28)18-16(22)7-12(9-26-18)17(30)10-29;21-13-1-2-15-17(8-13)30-19(24-15)25-20(29)26-5-3-11(4-6-26)18-14(22)7-12(9-23-18)16(28)10-27/h1-3,7-9,17,29-30H,4-6,10H2,(H,27,31);1-3,7-9,16,27-28H,4-6,10H2,(H,24,25,29)/t17-;16-/m11/s1. The van der Waals surface area contributed by atoms with E-state index in [-0.39, 0.29) is 59.7 Å². The van der Waals surface area contributed by atoms with Crippen LogP contribution in [-0.4, -0.2) is 96.6 Å². The summed E-state index contributed by atoms with van der Waals surface area (Å²) >= 11 is 6.84. The number of thiazole rings is 1. The van der Waals surface area contributed by atoms with Crippen molar-refractivity contribution in [2.45, 2.75) is 31.2 Å². The van der Waals surface area contributed by atoms with Crippen LogP contribution in [0.2, 0.25) is 5.02 Å². The lowest BCUT2D eigenvalue weighted by atomic mass is 10.0. The smallest absolute Gasteiger partial charge is 0.393 e. The molecule has 7 rings (SSSR count). The maximum atomic E-state index is 14.4. The monoisotopic (exact) mass is 891 g/mol. The van der Waals surface area contributed by atoms with Gasteiger partial charge in [-0.15, -0.1) is 0 Å². The van der Waals surface area contributed by atoms with Crippen LogP contribution in [-0.2, 0) is 6.18 Å². The second-order valence-electron chi connectivity index (χ2n) is 13.6. The van der Waals surface area contributed by atoms with Crippen LogP contribution < -0.4 is 10.6 Å². The predicted octanol–water partition coefficient (Wildman–Crippen LogP) is 7.56. The molecule has 2 aliphatic rings. The van der Waals surface area contributed by atoms with Crippen molar-refractivity contribution in [1.82, 2.24) is 24.8 Å². The molecule has 0 saturated heterocycles. The van der Waals surface area contributed by atoms with E-state index in [1.807, 2.05) is 0 Å². The first-order valence-electron chi connectivity index (χ1n) is 18.4. The highest BCUT2D eigenvalue weighted by molar-refractivity contribution is 7.22. The van der Waals surface area contributed by atoms with E-state index in [9.17, 15) is 46.1 Å². The Kier molecular flexibility index (Phi) is 14.3. The summed E-state index contributed by atoms with van der Waals surface area (Å²) < 4.78 is 81.0. The van der Waals surface area contributed by atoms with Crippen molar-refractivity contribution in [2.24, 2.45) is 0 Å². The van der Waals surface area contributed by atoms with Gasteiger partial charge in [0.05, 0.1) is 34.0 Å². The lowest BCUT2D eigenvalue weighted by molar-refractivity contribution is -0.137. The number of alkyl halides is 3. The first-order valence-corrected chi connectivity index (χ1v) is 19.6. The third-order valence-electron chi connectivity index (χ3n) is 9.53. The topological polar surface area (TPSA) is 184 Å². The summed E-state index contributed by atoms with van der Waals surface area (Å²) in [7, 11) is 0. The number of halogens is 7. The van der Waals surface area contributed by atoms with Gasteiger partial charge in [0.1, 0.15) is 41.0 Å². The van der Waals surface area contributed by atoms with Crippen LogP contribution in [0.1, 0.15) is 53.1 Å². The Balaban J connectivity index is 0.000000204. The van der Waals surface area contributed by atoms with Gasteiger partial charge in [-0.3, -0.25) is 15.3 Å². The molecule has 0 fully saturated rings. The molecule has 5 aromatic rings. The van der Waals surface area contributed by atoms with Crippen molar-refractivity contribution in [3.05, 3.63) is 124 Å². The summed E-state index contributed by atoms with van der Waals surface area (Å²) in [6.45, 7) is -0.0811. The maximum Gasteiger partial charge on any atom is 0.417 e. The Morgan fingerprint density at radius 1 is 0.787 bits per heavy atom. The van der Waals surface area contributed by atoms with E-state index in [0.29, 0.717) is 45.9 Å². The highest BCUT2D eigenvalue weighted by atomic mass is 35.5. The van der Waals surface area contributed by atoms with Crippen molar-refractivity contribution in [3.8, 4) is 0 Å². The fourth-order valence-corrected chi connectivity index (χ4v) is 7.41. The number of carbonyl (C=O) groups is 2. The molecule has 0 radical (unpaired) electrons. The lowest BCUT2D eigenvalue weighted by Gasteiger charge is -2.27. The van der Waals surface area contributed by atoms with E-state index in [0.717, 1.165) is 30.3 Å². The molecule has 6 N–H and O–H groups in total. The zero-order chi connectivity index (χ0) is 44.0. The number of fused-ring (bicyclic) bond motifs is 1. The Labute approximate surface area is 352 Å². The summed E-state index contributed by atoms with van der Waals surface area (Å²) in [6, 6.07) is 8.52. The number of nitrogens with zero attached hydrogens (tertiary/aromatic N) is 5. The average molecular weight is 892 g/mol. The van der Waals surface area contributed by atoms with Gasteiger partial charge in [-0.05, 0) is 72.5 Å². The van der Waals surface area contributed by atoms with Crippen LogP contribution in [0.5, 0.6) is 0 Å². The highest BCUT2D eigenvalue weighted by Crippen LogP contribution is 2.36. The number of aromatic nitrogens is 3. The van der Waals surface area contributed by atoms with Crippen molar-refractivity contribution in [2.75, 3.05) is 50.0 Å². The molecule has 0 bridgehead atoms. The zero-order valence-corrected chi connectivity index (χ0v) is 33.2. The Morgan fingerprint density at radius 3 is 1.79 bits per heavy atom. The molecular weight excluding hydrogens is 856 g/mol. The molecule has 13 nitrogen and oxygen atoms in total. The summed E-state index contributed by atoms with van der Waals surface area (Å²) in [6.07, 6.45) is -0.347. The number of urea groups is 2. The average Bonchev–Trinajstić information content (AvgIpc) is 3.64. The van der Waals surface area contributed by atoms with Gasteiger partial charge >= 0.3 is 18.2 Å². The van der Waals surface area contributed by atoms with E-state index in [2.05, 4.69) is 25.6 Å². The molecule has 0 spiro atoms. The van der Waals surface area contributed by atoms with Gasteiger partial charge in [0.15, 0.2) is 5.13 Å². The molecule has 2 atom stereocenters. The lowest BCUT2D eigenvalue weighted by Crippen LogP contribution is -2.38. The van der Waals surface area contributed by atoms with E-state index in [4.69, 9.17) is 21.8 Å². The molecule has 21 heteroatoms. The summed E-state index contributed by atoms with van der Waals surface area (Å²) in [5.41, 5.74) is 1.56. The summed E-state index contributed by atoms with van der Waals surface area (Å²) in [5, 5.41) is 42.1. The molecule has 322 valence electrons. The van der Waals surface area contributed by atoms with E-state index in [1.165, 1.54) is 40.8 Å². The van der Waals surface area contributed by atoms with Crippen molar-refractivity contribution in [1.29, 1.82) is 0 Å². The molecule has 2 aromatic carbocycles. The Hall–Kier alpha value is -5.64. The third-order valence-corrected chi connectivity index (χ3v) is 10.8. The number of rotatable bonds is 8. The quantitative estimate of drug-likeness (QED) is 0.0857. The minimum absolute atomic E-state index is 0.0865. The first kappa shape index (κ1) is 44.9. The SMILES string of the molecule is O=C(Nc1ccc(C(F)(F)F)c(Cl)c1)N1CC=C(c2ncc([C@H](O)CO)cc2F)CC1.O=C(Nc1nc2ccc(F)cc2s1)N1CC=C(c2ncc([C@H](O)CO)cc2F)CC1. The molecule has 3 aromatic heterocycles. The molecule has 0 saturated carbocycles. The molecule has 5 heterocycles. The summed E-state index contributed by atoms with van der Waals surface area (Å²) in [4.78, 5) is 40.2. The normalized spacial score (nSPS) is 15.3. The van der Waals surface area contributed by atoms with Gasteiger partial charge in [0, 0.05) is 55.4 Å². The second kappa shape index (κ2) is 19.4. The van der Waals surface area contributed by atoms with Crippen molar-refractivity contribution < 1.29 is 56.4 Å². The molecule has 0 unspecified atom stereocenters. The van der Waals surface area contributed by atoms with Gasteiger partial charge in [-0.2, -0.15) is 13.2 Å². The van der Waals surface area contributed by atoms with E-state index >= 15 is 0 Å². The summed E-state index contributed by atoms with van der Waals surface area (Å²) in [5.74, 6) is -1.61. The highest BCUT2D eigenvalue weighted by Gasteiger charge is 2.33. The number of aliphatic hydroxyl groups excluding tert-OH is 4. The Morgan fingerprint density at radius 2 is 1.33 bits per heavy atom. The Bertz CT molecular complexity index is 2490. The van der Waals surface area contributed by atoms with Gasteiger partial charge in [0.25, 0.3) is 0 Å². The molecule has 61 heavy (non-hydrogen) atoms.